The third kappa shape index (κ3) is 5.48. The van der Waals surface area contributed by atoms with Crippen LogP contribution in [0, 0.1) is 0 Å². The zero-order valence-corrected chi connectivity index (χ0v) is 13.0. The molecule has 1 rings (SSSR count). The summed E-state index contributed by atoms with van der Waals surface area (Å²) in [6.45, 7) is 5.04. The van der Waals surface area contributed by atoms with Crippen LogP contribution in [0.5, 0.6) is 0 Å². The summed E-state index contributed by atoms with van der Waals surface area (Å²) in [5, 5.41) is 3.00. The van der Waals surface area contributed by atoms with Crippen LogP contribution in [0.2, 0.25) is 0 Å². The summed E-state index contributed by atoms with van der Waals surface area (Å²) in [7, 11) is -3.24. The van der Waals surface area contributed by atoms with E-state index in [1.54, 1.807) is 0 Å². The van der Waals surface area contributed by atoms with E-state index in [1.165, 1.54) is 0 Å². The molecule has 0 aliphatic rings. The van der Waals surface area contributed by atoms with Gasteiger partial charge in [0.25, 0.3) is 0 Å². The van der Waals surface area contributed by atoms with Crippen LogP contribution in [0.4, 0.5) is 0 Å². The first-order valence-corrected chi connectivity index (χ1v) is 8.35. The van der Waals surface area contributed by atoms with Crippen LogP contribution in [0.15, 0.2) is 28.7 Å². The summed E-state index contributed by atoms with van der Waals surface area (Å²) in [5.41, 5.74) is 0.949. The van der Waals surface area contributed by atoms with Gasteiger partial charge < -0.3 is 5.32 Å². The van der Waals surface area contributed by atoms with Crippen LogP contribution < -0.4 is 10.0 Å². The van der Waals surface area contributed by atoms with Crippen LogP contribution in [-0.4, -0.2) is 27.3 Å². The van der Waals surface area contributed by atoms with E-state index in [9.17, 15) is 8.42 Å². The molecule has 1 unspecified atom stereocenters. The predicted molar refractivity (Wildman–Crippen MR) is 78.0 cm³/mol. The first-order valence-electron chi connectivity index (χ1n) is 5.91. The molecule has 102 valence electrons. The Balaban J connectivity index is 2.58. The molecule has 0 saturated heterocycles. The fourth-order valence-electron chi connectivity index (χ4n) is 1.53. The molecule has 0 aromatic heterocycles. The Morgan fingerprint density at radius 2 is 1.89 bits per heavy atom. The molecule has 0 bridgehead atoms. The van der Waals surface area contributed by atoms with Crippen molar-refractivity contribution in [2.45, 2.75) is 19.9 Å². The van der Waals surface area contributed by atoms with Gasteiger partial charge >= 0.3 is 0 Å². The Morgan fingerprint density at radius 1 is 1.28 bits per heavy atom. The van der Waals surface area contributed by atoms with Crippen LogP contribution in [-0.2, 0) is 10.0 Å². The summed E-state index contributed by atoms with van der Waals surface area (Å²) in [5.74, 6) is 0.0989. The maximum absolute atomic E-state index is 11.8. The lowest BCUT2D eigenvalue weighted by molar-refractivity contribution is 0.563. The van der Waals surface area contributed by atoms with Crippen molar-refractivity contribution in [1.82, 2.24) is 10.0 Å². The Kier molecular flexibility index (Phi) is 6.28. The first kappa shape index (κ1) is 15.6. The smallest absolute Gasteiger partial charge is 0.213 e. The van der Waals surface area contributed by atoms with Gasteiger partial charge in [-0.2, -0.15) is 0 Å². The molecule has 0 fully saturated rings. The average Bonchev–Trinajstić information content (AvgIpc) is 2.29. The molecule has 1 aromatic rings. The van der Waals surface area contributed by atoms with Crippen molar-refractivity contribution in [2.24, 2.45) is 0 Å². The van der Waals surface area contributed by atoms with Gasteiger partial charge in [-0.25, -0.2) is 13.1 Å². The lowest BCUT2D eigenvalue weighted by Gasteiger charge is -2.14. The van der Waals surface area contributed by atoms with E-state index in [-0.39, 0.29) is 11.8 Å². The van der Waals surface area contributed by atoms with Crippen LogP contribution >= 0.6 is 15.9 Å². The fourth-order valence-corrected chi connectivity index (χ4v) is 3.00. The lowest BCUT2D eigenvalue weighted by Crippen LogP contribution is -2.33. The zero-order chi connectivity index (χ0) is 13.6. The zero-order valence-electron chi connectivity index (χ0n) is 10.6. The monoisotopic (exact) mass is 334 g/mol. The van der Waals surface area contributed by atoms with E-state index in [2.05, 4.69) is 26.0 Å². The standard InChI is InChI=1S/C12H19BrN2O2S/c1-3-14-8-9-18(16,17)15-10(2)11-4-6-12(13)7-5-11/h4-7,10,14-15H,3,8-9H2,1-2H3. The van der Waals surface area contributed by atoms with E-state index < -0.39 is 10.0 Å². The topological polar surface area (TPSA) is 58.2 Å². The molecule has 0 aliphatic carbocycles. The molecule has 4 nitrogen and oxygen atoms in total. The van der Waals surface area contributed by atoms with Crippen molar-refractivity contribution >= 4 is 26.0 Å². The molecular weight excluding hydrogens is 316 g/mol. The second-order valence-corrected chi connectivity index (χ2v) is 6.85. The minimum absolute atomic E-state index is 0.0989. The molecule has 1 atom stereocenters. The Hall–Kier alpha value is -0.430. The van der Waals surface area contributed by atoms with Gasteiger partial charge in [-0.05, 0) is 31.2 Å². The number of halogens is 1. The lowest BCUT2D eigenvalue weighted by atomic mass is 10.1. The van der Waals surface area contributed by atoms with Gasteiger partial charge in [0.15, 0.2) is 0 Å². The highest BCUT2D eigenvalue weighted by atomic mass is 79.9. The van der Waals surface area contributed by atoms with Crippen molar-refractivity contribution in [1.29, 1.82) is 0 Å². The third-order valence-corrected chi connectivity index (χ3v) is 4.51. The van der Waals surface area contributed by atoms with Crippen molar-refractivity contribution in [2.75, 3.05) is 18.8 Å². The van der Waals surface area contributed by atoms with Gasteiger partial charge in [0.2, 0.25) is 10.0 Å². The molecule has 0 radical (unpaired) electrons. The SMILES string of the molecule is CCNCCS(=O)(=O)NC(C)c1ccc(Br)cc1. The van der Waals surface area contributed by atoms with Gasteiger partial charge in [-0.15, -0.1) is 0 Å². The van der Waals surface area contributed by atoms with E-state index in [0.29, 0.717) is 6.54 Å². The van der Waals surface area contributed by atoms with Crippen molar-refractivity contribution < 1.29 is 8.42 Å². The van der Waals surface area contributed by atoms with Crippen molar-refractivity contribution in [3.63, 3.8) is 0 Å². The Labute approximate surface area is 117 Å². The van der Waals surface area contributed by atoms with E-state index >= 15 is 0 Å². The van der Waals surface area contributed by atoms with Crippen molar-refractivity contribution in [3.05, 3.63) is 34.3 Å². The van der Waals surface area contributed by atoms with Crippen LogP contribution in [0.3, 0.4) is 0 Å². The highest BCUT2D eigenvalue weighted by Crippen LogP contribution is 2.17. The molecule has 2 N–H and O–H groups in total. The number of nitrogens with one attached hydrogen (secondary N) is 2. The first-order chi connectivity index (χ1) is 8.44. The Bertz CT molecular complexity index is 459. The minimum Gasteiger partial charge on any atom is -0.316 e. The van der Waals surface area contributed by atoms with E-state index in [1.807, 2.05) is 38.1 Å². The second-order valence-electron chi connectivity index (χ2n) is 4.06. The molecular formula is C12H19BrN2O2S. The predicted octanol–water partition coefficient (Wildman–Crippen LogP) is 2.04. The maximum atomic E-state index is 11.8. The van der Waals surface area contributed by atoms with Gasteiger partial charge in [-0.3, -0.25) is 0 Å². The second kappa shape index (κ2) is 7.23. The number of hydrogen-bond donors (Lipinski definition) is 2. The number of rotatable bonds is 7. The number of sulfonamides is 1. The van der Waals surface area contributed by atoms with Gasteiger partial charge in [0.05, 0.1) is 5.75 Å². The minimum atomic E-state index is -3.24. The maximum Gasteiger partial charge on any atom is 0.213 e. The number of hydrogen-bond acceptors (Lipinski definition) is 3. The number of benzene rings is 1. The molecule has 1 aromatic carbocycles. The summed E-state index contributed by atoms with van der Waals surface area (Å²) in [6.07, 6.45) is 0. The highest BCUT2D eigenvalue weighted by Gasteiger charge is 2.15. The van der Waals surface area contributed by atoms with E-state index in [4.69, 9.17) is 0 Å². The molecule has 0 spiro atoms. The summed E-state index contributed by atoms with van der Waals surface area (Å²) in [6, 6.07) is 7.39. The van der Waals surface area contributed by atoms with Crippen molar-refractivity contribution in [3.8, 4) is 0 Å². The molecule has 0 heterocycles. The van der Waals surface area contributed by atoms with E-state index in [0.717, 1.165) is 16.6 Å². The molecule has 6 heteroatoms. The largest absolute Gasteiger partial charge is 0.316 e. The fraction of sp³-hybridized carbons (Fsp3) is 0.500. The normalized spacial score (nSPS) is 13.5. The van der Waals surface area contributed by atoms with Gasteiger partial charge in [0.1, 0.15) is 0 Å². The summed E-state index contributed by atoms with van der Waals surface area (Å²) >= 11 is 3.35. The molecule has 18 heavy (non-hydrogen) atoms. The summed E-state index contributed by atoms with van der Waals surface area (Å²) in [4.78, 5) is 0. The third-order valence-electron chi connectivity index (χ3n) is 2.52. The van der Waals surface area contributed by atoms with Gasteiger partial charge in [-0.1, -0.05) is 35.0 Å². The molecule has 0 aliphatic heterocycles. The Morgan fingerprint density at radius 3 is 2.44 bits per heavy atom. The summed E-state index contributed by atoms with van der Waals surface area (Å²) < 4.78 is 27.2. The molecule has 0 saturated carbocycles. The van der Waals surface area contributed by atoms with Crippen LogP contribution in [0.25, 0.3) is 0 Å². The quantitative estimate of drug-likeness (QED) is 0.750. The van der Waals surface area contributed by atoms with Crippen LogP contribution in [0.1, 0.15) is 25.5 Å². The molecule has 0 amide bonds. The highest BCUT2D eigenvalue weighted by molar-refractivity contribution is 9.10. The average molecular weight is 335 g/mol. The van der Waals surface area contributed by atoms with Gasteiger partial charge in [0, 0.05) is 17.1 Å².